The molecule has 6 heteroatoms. The Bertz CT molecular complexity index is 480. The van der Waals surface area contributed by atoms with Gasteiger partial charge in [-0.05, 0) is 43.0 Å². The Kier molecular flexibility index (Phi) is 5.13. The monoisotopic (exact) mass is 272 g/mol. The Balaban J connectivity index is 2.80. The van der Waals surface area contributed by atoms with Gasteiger partial charge in [0.25, 0.3) is 0 Å². The lowest BCUT2D eigenvalue weighted by Gasteiger charge is -2.12. The average Bonchev–Trinajstić information content (AvgIpc) is 2.26. The number of aliphatic hydroxyl groups excluding tert-OH is 1. The minimum Gasteiger partial charge on any atom is -0.399 e. The van der Waals surface area contributed by atoms with Crippen molar-refractivity contribution < 1.29 is 13.5 Å². The number of hydrogen-bond donors (Lipinski definition) is 3. The number of nitrogens with one attached hydrogen (secondary N) is 1. The van der Waals surface area contributed by atoms with Gasteiger partial charge in [0.05, 0.1) is 4.90 Å². The second kappa shape index (κ2) is 6.17. The van der Waals surface area contributed by atoms with E-state index in [2.05, 4.69) is 4.72 Å². The molecular formula is C12H20N2O3S. The number of aliphatic hydroxyl groups is 1. The van der Waals surface area contributed by atoms with Crippen molar-refractivity contribution in [1.29, 1.82) is 0 Å². The van der Waals surface area contributed by atoms with E-state index in [1.54, 1.807) is 19.1 Å². The smallest absolute Gasteiger partial charge is 0.240 e. The fraction of sp³-hybridized carbons (Fsp3) is 0.500. The van der Waals surface area contributed by atoms with Gasteiger partial charge in [0, 0.05) is 18.8 Å². The Morgan fingerprint density at radius 2 is 2.06 bits per heavy atom. The Morgan fingerprint density at radius 1 is 1.39 bits per heavy atom. The summed E-state index contributed by atoms with van der Waals surface area (Å²) in [6.45, 7) is 4.03. The lowest BCUT2D eigenvalue weighted by atomic mass is 10.1. The van der Waals surface area contributed by atoms with E-state index in [0.29, 0.717) is 18.7 Å². The van der Waals surface area contributed by atoms with Crippen LogP contribution in [0.1, 0.15) is 18.9 Å². The molecule has 0 aliphatic heterocycles. The predicted molar refractivity (Wildman–Crippen MR) is 71.6 cm³/mol. The van der Waals surface area contributed by atoms with Crippen LogP contribution in [0.2, 0.25) is 0 Å². The molecule has 0 aliphatic carbocycles. The first-order chi connectivity index (χ1) is 8.35. The summed E-state index contributed by atoms with van der Waals surface area (Å²) >= 11 is 0. The maximum Gasteiger partial charge on any atom is 0.240 e. The molecule has 0 aromatic heterocycles. The van der Waals surface area contributed by atoms with Crippen LogP contribution in [0, 0.1) is 12.8 Å². The van der Waals surface area contributed by atoms with Crippen molar-refractivity contribution in [3.8, 4) is 0 Å². The number of rotatable bonds is 6. The van der Waals surface area contributed by atoms with E-state index in [4.69, 9.17) is 10.8 Å². The molecule has 5 nitrogen and oxygen atoms in total. The summed E-state index contributed by atoms with van der Waals surface area (Å²) < 4.78 is 26.6. The number of aryl methyl sites for hydroxylation is 1. The lowest BCUT2D eigenvalue weighted by molar-refractivity contribution is 0.263. The molecule has 0 heterocycles. The number of nitrogens with two attached hydrogens (primary N) is 1. The fourth-order valence-corrected chi connectivity index (χ4v) is 2.89. The van der Waals surface area contributed by atoms with Crippen LogP contribution in [0.25, 0.3) is 0 Å². The highest BCUT2D eigenvalue weighted by Crippen LogP contribution is 2.16. The van der Waals surface area contributed by atoms with Crippen LogP contribution in [-0.4, -0.2) is 26.7 Å². The molecule has 1 aromatic rings. The Morgan fingerprint density at radius 3 is 2.61 bits per heavy atom. The summed E-state index contributed by atoms with van der Waals surface area (Å²) in [5.41, 5.74) is 6.87. The molecule has 18 heavy (non-hydrogen) atoms. The molecular weight excluding hydrogens is 252 g/mol. The summed E-state index contributed by atoms with van der Waals surface area (Å²) in [5.74, 6) is 0.0898. The zero-order chi connectivity index (χ0) is 13.8. The maximum atomic E-state index is 12.0. The van der Waals surface area contributed by atoms with Crippen LogP contribution >= 0.6 is 0 Å². The van der Waals surface area contributed by atoms with E-state index in [0.717, 1.165) is 5.56 Å². The van der Waals surface area contributed by atoms with Gasteiger partial charge < -0.3 is 10.8 Å². The van der Waals surface area contributed by atoms with Crippen LogP contribution in [0.5, 0.6) is 0 Å². The van der Waals surface area contributed by atoms with Crippen molar-refractivity contribution in [3.05, 3.63) is 23.8 Å². The normalized spacial score (nSPS) is 13.5. The van der Waals surface area contributed by atoms with Crippen LogP contribution in [0.3, 0.4) is 0 Å². The molecule has 0 saturated heterocycles. The van der Waals surface area contributed by atoms with E-state index >= 15 is 0 Å². The summed E-state index contributed by atoms with van der Waals surface area (Å²) in [5, 5.41) is 8.76. The topological polar surface area (TPSA) is 92.4 Å². The molecule has 1 aromatic carbocycles. The molecule has 0 saturated carbocycles. The zero-order valence-corrected chi connectivity index (χ0v) is 11.5. The highest BCUT2D eigenvalue weighted by molar-refractivity contribution is 7.89. The number of sulfonamides is 1. The third-order valence-electron chi connectivity index (χ3n) is 2.63. The number of benzene rings is 1. The second-order valence-corrected chi connectivity index (χ2v) is 6.32. The first kappa shape index (κ1) is 14.9. The number of nitrogen functional groups attached to an aromatic ring is 1. The molecule has 0 aliphatic rings. The molecule has 0 radical (unpaired) electrons. The molecule has 1 atom stereocenters. The summed E-state index contributed by atoms with van der Waals surface area (Å²) in [4.78, 5) is 0.177. The molecule has 1 rings (SSSR count). The zero-order valence-electron chi connectivity index (χ0n) is 10.7. The molecule has 4 N–H and O–H groups in total. The first-order valence-corrected chi connectivity index (χ1v) is 7.31. The van der Waals surface area contributed by atoms with Gasteiger partial charge in [0.1, 0.15) is 0 Å². The van der Waals surface area contributed by atoms with Crippen molar-refractivity contribution in [2.45, 2.75) is 25.2 Å². The predicted octanol–water partition coefficient (Wildman–Crippen LogP) is 0.874. The molecule has 1 unspecified atom stereocenters. The molecule has 0 fully saturated rings. The van der Waals surface area contributed by atoms with Crippen molar-refractivity contribution in [2.75, 3.05) is 18.9 Å². The summed E-state index contributed by atoms with van der Waals surface area (Å²) in [6, 6.07) is 4.73. The van der Waals surface area contributed by atoms with E-state index < -0.39 is 10.0 Å². The Hall–Kier alpha value is -1.11. The van der Waals surface area contributed by atoms with Crippen LogP contribution in [-0.2, 0) is 10.0 Å². The molecule has 0 amide bonds. The van der Waals surface area contributed by atoms with E-state index in [1.807, 2.05) is 6.92 Å². The van der Waals surface area contributed by atoms with Gasteiger partial charge in [0.2, 0.25) is 10.0 Å². The van der Waals surface area contributed by atoms with Crippen molar-refractivity contribution in [3.63, 3.8) is 0 Å². The molecule has 102 valence electrons. The maximum absolute atomic E-state index is 12.0. The van der Waals surface area contributed by atoms with Gasteiger partial charge >= 0.3 is 0 Å². The third-order valence-corrected chi connectivity index (χ3v) is 4.03. The van der Waals surface area contributed by atoms with E-state index in [1.165, 1.54) is 6.07 Å². The van der Waals surface area contributed by atoms with Gasteiger partial charge in [-0.25, -0.2) is 13.1 Å². The van der Waals surface area contributed by atoms with Crippen LogP contribution in [0.4, 0.5) is 5.69 Å². The summed E-state index contributed by atoms with van der Waals surface area (Å²) in [7, 11) is -3.53. The van der Waals surface area contributed by atoms with Crippen LogP contribution in [0.15, 0.2) is 23.1 Å². The van der Waals surface area contributed by atoms with E-state index in [9.17, 15) is 8.42 Å². The largest absolute Gasteiger partial charge is 0.399 e. The van der Waals surface area contributed by atoms with E-state index in [-0.39, 0.29) is 17.4 Å². The SMILES string of the molecule is Cc1cc(N)cc(S(=O)(=O)NCC(C)CCO)c1. The second-order valence-electron chi connectivity index (χ2n) is 4.55. The summed E-state index contributed by atoms with van der Waals surface area (Å²) in [6.07, 6.45) is 0.568. The van der Waals surface area contributed by atoms with Crippen molar-refractivity contribution >= 4 is 15.7 Å². The van der Waals surface area contributed by atoms with Crippen molar-refractivity contribution in [1.82, 2.24) is 4.72 Å². The third kappa shape index (κ3) is 4.29. The molecule has 0 bridgehead atoms. The fourth-order valence-electron chi connectivity index (χ4n) is 1.59. The van der Waals surface area contributed by atoms with Crippen molar-refractivity contribution in [2.24, 2.45) is 5.92 Å². The highest BCUT2D eigenvalue weighted by atomic mass is 32.2. The first-order valence-electron chi connectivity index (χ1n) is 5.83. The number of anilines is 1. The quantitative estimate of drug-likeness (QED) is 0.670. The van der Waals surface area contributed by atoms with Crippen LogP contribution < -0.4 is 10.5 Å². The molecule has 0 spiro atoms. The van der Waals surface area contributed by atoms with Gasteiger partial charge in [-0.1, -0.05) is 6.92 Å². The van der Waals surface area contributed by atoms with Gasteiger partial charge in [-0.15, -0.1) is 0 Å². The minimum atomic E-state index is -3.53. The standard InChI is InChI=1S/C12H20N2O3S/c1-9(3-4-15)8-14-18(16,17)12-6-10(2)5-11(13)7-12/h5-7,9,14-15H,3-4,8,13H2,1-2H3. The van der Waals surface area contributed by atoms with Gasteiger partial charge in [-0.3, -0.25) is 0 Å². The lowest BCUT2D eigenvalue weighted by Crippen LogP contribution is -2.29. The Labute approximate surface area is 108 Å². The van der Waals surface area contributed by atoms with Gasteiger partial charge in [0.15, 0.2) is 0 Å². The minimum absolute atomic E-state index is 0.0558. The highest BCUT2D eigenvalue weighted by Gasteiger charge is 2.15. The average molecular weight is 272 g/mol. The number of hydrogen-bond acceptors (Lipinski definition) is 4. The van der Waals surface area contributed by atoms with Gasteiger partial charge in [-0.2, -0.15) is 0 Å².